The average molecular weight is 658 g/mol. The standard InChI is InChI=1S/C28H38IN2O6S/c1-19(2)17-31(38(34,35)24-11-9-20(3)10-12-24)18-25(32)27(29-22-7-5-4-6-8-22)30-28(33)37-23-15-21-13-14-36-26(21)16-23/h4-12,19,21,23,25-27,32H,13-18H2,1-3H3,(H,30,33)/q-1/t21-,23+,25+,26+,27+/m0/s1. The zero-order valence-electron chi connectivity index (χ0n) is 22.1. The van der Waals surface area contributed by atoms with E-state index in [-0.39, 0.29) is 36.1 Å². The number of benzene rings is 2. The molecule has 1 amide bonds. The number of nitrogens with zero attached hydrogens (tertiary/aromatic N) is 1. The first-order valence-electron chi connectivity index (χ1n) is 13.1. The van der Waals surface area contributed by atoms with Crippen molar-refractivity contribution in [1.29, 1.82) is 0 Å². The summed E-state index contributed by atoms with van der Waals surface area (Å²) in [7, 11) is -3.84. The topological polar surface area (TPSA) is 105 Å². The van der Waals surface area contributed by atoms with Crippen molar-refractivity contribution in [3.63, 3.8) is 0 Å². The average Bonchev–Trinajstić information content (AvgIpc) is 3.45. The van der Waals surface area contributed by atoms with Crippen LogP contribution in [0.3, 0.4) is 0 Å². The fraction of sp³-hybridized carbons (Fsp3) is 0.536. The molecule has 5 atom stereocenters. The second kappa shape index (κ2) is 13.1. The maximum absolute atomic E-state index is 13.5. The van der Waals surface area contributed by atoms with E-state index in [9.17, 15) is 18.3 Å². The number of amides is 1. The summed E-state index contributed by atoms with van der Waals surface area (Å²) in [5, 5.41) is 14.3. The second-order valence-corrected chi connectivity index (χ2v) is 15.7. The Hall–Kier alpha value is -1.73. The number of aryl methyl sites for hydroxylation is 1. The molecule has 1 aliphatic heterocycles. The SMILES string of the molecule is Cc1ccc(S(=O)(=O)N(CC(C)C)C[C@@H](O)[C@@H](NC(=O)O[C@@H]2C[C@@H]3CCO[C@@H]3C2)[I-]c2ccccc2)cc1. The number of alkyl halides is 1. The van der Waals surface area contributed by atoms with E-state index < -0.39 is 47.5 Å². The van der Waals surface area contributed by atoms with Crippen LogP contribution in [-0.2, 0) is 19.5 Å². The number of hydrogen-bond acceptors (Lipinski definition) is 6. The summed E-state index contributed by atoms with van der Waals surface area (Å²) in [5.74, 6) is 0.481. The van der Waals surface area contributed by atoms with Crippen molar-refractivity contribution in [2.75, 3.05) is 19.7 Å². The van der Waals surface area contributed by atoms with Crippen LogP contribution in [-0.4, -0.2) is 66.0 Å². The van der Waals surface area contributed by atoms with Crippen LogP contribution in [0.25, 0.3) is 0 Å². The van der Waals surface area contributed by atoms with Crippen LogP contribution < -0.4 is 26.5 Å². The number of carbonyl (C=O) groups excluding carboxylic acids is 1. The van der Waals surface area contributed by atoms with Crippen molar-refractivity contribution in [2.45, 2.75) is 67.3 Å². The Bertz CT molecular complexity index is 1150. The molecule has 1 saturated carbocycles. The van der Waals surface area contributed by atoms with Gasteiger partial charge in [0.1, 0.15) is 0 Å². The first-order chi connectivity index (χ1) is 18.1. The van der Waals surface area contributed by atoms with Crippen molar-refractivity contribution in [3.8, 4) is 0 Å². The van der Waals surface area contributed by atoms with Crippen LogP contribution in [0.1, 0.15) is 38.7 Å². The van der Waals surface area contributed by atoms with Crippen molar-refractivity contribution >= 4 is 16.1 Å². The van der Waals surface area contributed by atoms with Crippen molar-refractivity contribution < 1.29 is 49.0 Å². The van der Waals surface area contributed by atoms with E-state index >= 15 is 0 Å². The Morgan fingerprint density at radius 2 is 1.84 bits per heavy atom. The number of aliphatic hydroxyl groups excluding tert-OH is 1. The van der Waals surface area contributed by atoms with Gasteiger partial charge < -0.3 is 0 Å². The van der Waals surface area contributed by atoms with Gasteiger partial charge in [-0.05, 0) is 0 Å². The summed E-state index contributed by atoms with van der Waals surface area (Å²) >= 11 is -0.900. The molecule has 0 aromatic heterocycles. The molecule has 1 heterocycles. The van der Waals surface area contributed by atoms with Crippen molar-refractivity contribution in [3.05, 3.63) is 63.7 Å². The molecule has 2 aromatic carbocycles. The van der Waals surface area contributed by atoms with Gasteiger partial charge in [-0.3, -0.25) is 0 Å². The molecular formula is C28H38IN2O6S-. The van der Waals surface area contributed by atoms with E-state index in [4.69, 9.17) is 9.47 Å². The molecule has 0 bridgehead atoms. The van der Waals surface area contributed by atoms with Crippen molar-refractivity contribution in [2.24, 2.45) is 11.8 Å². The van der Waals surface area contributed by atoms with Gasteiger partial charge in [-0.2, -0.15) is 0 Å². The van der Waals surface area contributed by atoms with Gasteiger partial charge in [0.25, 0.3) is 0 Å². The molecule has 2 aliphatic rings. The van der Waals surface area contributed by atoms with Crippen LogP contribution in [0.5, 0.6) is 0 Å². The summed E-state index contributed by atoms with van der Waals surface area (Å²) in [5.41, 5.74) is 0.965. The van der Waals surface area contributed by atoms with Crippen LogP contribution in [0.4, 0.5) is 4.79 Å². The van der Waals surface area contributed by atoms with E-state index in [0.29, 0.717) is 12.3 Å². The Labute approximate surface area is 236 Å². The zero-order valence-corrected chi connectivity index (χ0v) is 25.1. The summed E-state index contributed by atoms with van der Waals surface area (Å²) in [6, 6.07) is 16.4. The number of fused-ring (bicyclic) bond motifs is 1. The Morgan fingerprint density at radius 1 is 1.13 bits per heavy atom. The third-order valence-corrected chi connectivity index (χ3v) is 12.0. The fourth-order valence-corrected chi connectivity index (χ4v) is 9.25. The summed E-state index contributed by atoms with van der Waals surface area (Å²) in [4.78, 5) is 13.1. The van der Waals surface area contributed by atoms with E-state index in [1.807, 2.05) is 51.1 Å². The number of hydrogen-bond donors (Lipinski definition) is 2. The molecule has 4 rings (SSSR count). The maximum atomic E-state index is 13.5. The van der Waals surface area contributed by atoms with Gasteiger partial charge in [0.05, 0.1) is 0 Å². The Balaban J connectivity index is 1.49. The number of carbonyl (C=O) groups is 1. The van der Waals surface area contributed by atoms with E-state index in [1.165, 1.54) is 4.31 Å². The van der Waals surface area contributed by atoms with E-state index in [2.05, 4.69) is 5.32 Å². The van der Waals surface area contributed by atoms with Crippen LogP contribution in [0.15, 0.2) is 59.5 Å². The molecule has 10 heteroatoms. The monoisotopic (exact) mass is 657 g/mol. The zero-order chi connectivity index (χ0) is 27.3. The number of rotatable bonds is 11. The van der Waals surface area contributed by atoms with Gasteiger partial charge in [0.15, 0.2) is 0 Å². The molecule has 8 nitrogen and oxygen atoms in total. The molecule has 2 N–H and O–H groups in total. The van der Waals surface area contributed by atoms with Crippen LogP contribution >= 0.6 is 0 Å². The summed E-state index contributed by atoms with van der Waals surface area (Å²) < 4.78 is 40.3. The molecule has 2 aromatic rings. The molecule has 1 saturated heterocycles. The van der Waals surface area contributed by atoms with Crippen LogP contribution in [0, 0.1) is 22.3 Å². The number of ether oxygens (including phenoxy) is 2. The number of aliphatic hydroxyl groups is 1. The number of halogens is 1. The molecule has 0 radical (unpaired) electrons. The van der Waals surface area contributed by atoms with Gasteiger partial charge >= 0.3 is 237 Å². The van der Waals surface area contributed by atoms with E-state index in [0.717, 1.165) is 28.6 Å². The van der Waals surface area contributed by atoms with Gasteiger partial charge in [-0.1, -0.05) is 0 Å². The second-order valence-electron chi connectivity index (χ2n) is 10.5. The molecular weight excluding hydrogens is 619 g/mol. The third-order valence-electron chi connectivity index (χ3n) is 6.87. The molecule has 0 spiro atoms. The normalized spacial score (nSPS) is 22.9. The third kappa shape index (κ3) is 7.68. The summed E-state index contributed by atoms with van der Waals surface area (Å²) in [6.45, 7) is 6.66. The quantitative estimate of drug-likeness (QED) is 0.208. The van der Waals surface area contributed by atoms with Crippen LogP contribution in [0.2, 0.25) is 0 Å². The number of sulfonamides is 1. The molecule has 0 unspecified atom stereocenters. The van der Waals surface area contributed by atoms with Crippen molar-refractivity contribution in [1.82, 2.24) is 9.62 Å². The first kappa shape index (κ1) is 29.3. The number of nitrogens with one attached hydrogen (secondary N) is 1. The fourth-order valence-electron chi connectivity index (χ4n) is 4.97. The first-order valence-corrected chi connectivity index (χ1v) is 16.9. The molecule has 210 valence electrons. The summed E-state index contributed by atoms with van der Waals surface area (Å²) in [6.07, 6.45) is 0.729. The number of alkyl carbamates (subject to hydrolysis) is 1. The van der Waals surface area contributed by atoms with Gasteiger partial charge in [-0.25, -0.2) is 0 Å². The minimum atomic E-state index is -3.84. The minimum absolute atomic E-state index is 0.0478. The van der Waals surface area contributed by atoms with E-state index in [1.54, 1.807) is 24.3 Å². The predicted molar refractivity (Wildman–Crippen MR) is 140 cm³/mol. The predicted octanol–water partition coefficient (Wildman–Crippen LogP) is 0.581. The Kier molecular flexibility index (Phi) is 10.1. The molecule has 2 fully saturated rings. The van der Waals surface area contributed by atoms with Gasteiger partial charge in [0.2, 0.25) is 0 Å². The van der Waals surface area contributed by atoms with Gasteiger partial charge in [-0.15, -0.1) is 0 Å². The Morgan fingerprint density at radius 3 is 2.50 bits per heavy atom. The molecule has 1 aliphatic carbocycles. The van der Waals surface area contributed by atoms with Gasteiger partial charge in [0, 0.05) is 0 Å². The molecule has 38 heavy (non-hydrogen) atoms.